The van der Waals surface area contributed by atoms with Crippen LogP contribution < -0.4 is 0 Å². The van der Waals surface area contributed by atoms with E-state index in [-0.39, 0.29) is 29.9 Å². The highest BCUT2D eigenvalue weighted by Gasteiger charge is 2.34. The quantitative estimate of drug-likeness (QED) is 0.730. The Hall–Kier alpha value is -2.21. The highest BCUT2D eigenvalue weighted by molar-refractivity contribution is 6.21. The van der Waals surface area contributed by atoms with Crippen molar-refractivity contribution in [1.82, 2.24) is 9.80 Å². The van der Waals surface area contributed by atoms with Crippen molar-refractivity contribution in [2.24, 2.45) is 0 Å². The second kappa shape index (κ2) is 5.21. The van der Waals surface area contributed by atoms with E-state index < -0.39 is 0 Å². The molecular weight excluding hydrogens is 284 g/mol. The molecule has 1 saturated heterocycles. The summed E-state index contributed by atoms with van der Waals surface area (Å²) in [5.41, 5.74) is 1.08. The molecule has 0 radical (unpaired) electrons. The molecule has 2 aliphatic rings. The topological polar surface area (TPSA) is 66.9 Å². The Bertz CT molecular complexity index is 660. The summed E-state index contributed by atoms with van der Waals surface area (Å²) in [6.07, 6.45) is -0.0343. The van der Waals surface area contributed by atoms with Gasteiger partial charge in [0.1, 0.15) is 0 Å². The Morgan fingerprint density at radius 3 is 2.32 bits per heavy atom. The highest BCUT2D eigenvalue weighted by Crippen LogP contribution is 2.24. The van der Waals surface area contributed by atoms with Crippen molar-refractivity contribution in [2.45, 2.75) is 26.1 Å². The van der Waals surface area contributed by atoms with E-state index in [4.69, 9.17) is 4.74 Å². The van der Waals surface area contributed by atoms with E-state index >= 15 is 0 Å². The number of amides is 3. The molecule has 0 bridgehead atoms. The maximum absolute atomic E-state index is 12.6. The lowest BCUT2D eigenvalue weighted by Gasteiger charge is -2.35. The van der Waals surface area contributed by atoms with E-state index in [0.717, 1.165) is 4.90 Å². The van der Waals surface area contributed by atoms with Gasteiger partial charge in [-0.3, -0.25) is 19.3 Å². The number of imide groups is 1. The Balaban J connectivity index is 1.89. The molecule has 0 saturated carbocycles. The number of nitrogens with zero attached hydrogens (tertiary/aromatic N) is 2. The Labute approximate surface area is 128 Å². The molecule has 0 N–H and O–H groups in total. The average molecular weight is 302 g/mol. The summed E-state index contributed by atoms with van der Waals surface area (Å²) in [4.78, 5) is 39.3. The molecule has 2 unspecified atom stereocenters. The fraction of sp³-hybridized carbons (Fsp3) is 0.438. The van der Waals surface area contributed by atoms with E-state index in [2.05, 4.69) is 0 Å². The van der Waals surface area contributed by atoms with Crippen LogP contribution in [-0.4, -0.2) is 59.9 Å². The fourth-order valence-corrected chi connectivity index (χ4v) is 3.02. The monoisotopic (exact) mass is 302 g/mol. The molecular formula is C16H18N2O4. The van der Waals surface area contributed by atoms with Crippen LogP contribution in [0.2, 0.25) is 0 Å². The summed E-state index contributed by atoms with van der Waals surface area (Å²) in [6.45, 7) is 4.89. The lowest BCUT2D eigenvalue weighted by molar-refractivity contribution is -0.0586. The minimum atomic E-state index is -0.363. The van der Waals surface area contributed by atoms with Gasteiger partial charge in [-0.25, -0.2) is 0 Å². The van der Waals surface area contributed by atoms with Gasteiger partial charge in [-0.2, -0.15) is 0 Å². The Kier molecular flexibility index (Phi) is 3.48. The van der Waals surface area contributed by atoms with Gasteiger partial charge in [0, 0.05) is 25.7 Å². The average Bonchev–Trinajstić information content (AvgIpc) is 2.70. The van der Waals surface area contributed by atoms with Crippen molar-refractivity contribution in [1.29, 1.82) is 0 Å². The van der Waals surface area contributed by atoms with Crippen LogP contribution in [0.25, 0.3) is 0 Å². The molecule has 2 atom stereocenters. The van der Waals surface area contributed by atoms with Gasteiger partial charge in [-0.1, -0.05) is 0 Å². The zero-order chi connectivity index (χ0) is 16.0. The van der Waals surface area contributed by atoms with Crippen molar-refractivity contribution < 1.29 is 19.1 Å². The van der Waals surface area contributed by atoms with Crippen LogP contribution in [-0.2, 0) is 4.74 Å². The predicted molar refractivity (Wildman–Crippen MR) is 78.8 cm³/mol. The third-order valence-electron chi connectivity index (χ3n) is 4.04. The number of ether oxygens (including phenoxy) is 1. The highest BCUT2D eigenvalue weighted by atomic mass is 16.5. The maximum Gasteiger partial charge on any atom is 0.261 e. The lowest BCUT2D eigenvalue weighted by atomic mass is 10.0. The standard InChI is InChI=1S/C16H18N2O4/c1-9-7-18(8-10(2)22-9)14(19)11-4-5-12-13(6-11)16(21)17(3)15(12)20/h4-6,9-10H,7-8H2,1-3H3. The van der Waals surface area contributed by atoms with Crippen LogP contribution in [0.3, 0.4) is 0 Å². The Morgan fingerprint density at radius 2 is 1.68 bits per heavy atom. The normalized spacial score (nSPS) is 24.7. The van der Waals surface area contributed by atoms with E-state index in [1.807, 2.05) is 13.8 Å². The van der Waals surface area contributed by atoms with Gasteiger partial charge in [-0.15, -0.1) is 0 Å². The van der Waals surface area contributed by atoms with Crippen molar-refractivity contribution >= 4 is 17.7 Å². The first-order valence-corrected chi connectivity index (χ1v) is 7.29. The van der Waals surface area contributed by atoms with E-state index in [1.165, 1.54) is 13.1 Å². The second-order valence-corrected chi connectivity index (χ2v) is 5.90. The number of hydrogen-bond acceptors (Lipinski definition) is 4. The molecule has 0 aliphatic carbocycles. The third kappa shape index (κ3) is 2.29. The largest absolute Gasteiger partial charge is 0.372 e. The zero-order valence-corrected chi connectivity index (χ0v) is 12.8. The predicted octanol–water partition coefficient (Wildman–Crippen LogP) is 1.16. The maximum atomic E-state index is 12.6. The van der Waals surface area contributed by atoms with Gasteiger partial charge >= 0.3 is 0 Å². The van der Waals surface area contributed by atoms with E-state index in [1.54, 1.807) is 17.0 Å². The summed E-state index contributed by atoms with van der Waals surface area (Å²) in [5.74, 6) is -0.828. The minimum Gasteiger partial charge on any atom is -0.372 e. The lowest BCUT2D eigenvalue weighted by Crippen LogP contribution is -2.48. The molecule has 22 heavy (non-hydrogen) atoms. The molecule has 6 heteroatoms. The van der Waals surface area contributed by atoms with E-state index in [0.29, 0.717) is 29.8 Å². The van der Waals surface area contributed by atoms with Crippen molar-refractivity contribution in [3.05, 3.63) is 34.9 Å². The molecule has 3 rings (SSSR count). The van der Waals surface area contributed by atoms with Crippen LogP contribution in [0.5, 0.6) is 0 Å². The number of morpholine rings is 1. The smallest absolute Gasteiger partial charge is 0.261 e. The number of fused-ring (bicyclic) bond motifs is 1. The Morgan fingerprint density at radius 1 is 1.09 bits per heavy atom. The van der Waals surface area contributed by atoms with Crippen LogP contribution in [0, 0.1) is 0 Å². The fourth-order valence-electron chi connectivity index (χ4n) is 3.02. The molecule has 2 heterocycles. The van der Waals surface area contributed by atoms with Crippen molar-refractivity contribution in [2.75, 3.05) is 20.1 Å². The summed E-state index contributed by atoms with van der Waals surface area (Å²) in [7, 11) is 1.44. The zero-order valence-electron chi connectivity index (χ0n) is 12.8. The van der Waals surface area contributed by atoms with Gasteiger partial charge in [0.05, 0.1) is 23.3 Å². The first-order chi connectivity index (χ1) is 10.4. The number of hydrogen-bond donors (Lipinski definition) is 0. The summed E-state index contributed by atoms with van der Waals surface area (Å²) >= 11 is 0. The molecule has 3 amide bonds. The number of rotatable bonds is 1. The van der Waals surface area contributed by atoms with Gasteiger partial charge in [0.2, 0.25) is 0 Å². The van der Waals surface area contributed by atoms with Gasteiger partial charge in [0.25, 0.3) is 17.7 Å². The summed E-state index contributed by atoms with van der Waals surface area (Å²) in [5, 5.41) is 0. The number of benzene rings is 1. The number of carbonyl (C=O) groups is 3. The number of carbonyl (C=O) groups excluding carboxylic acids is 3. The van der Waals surface area contributed by atoms with E-state index in [9.17, 15) is 14.4 Å². The molecule has 1 fully saturated rings. The van der Waals surface area contributed by atoms with Gasteiger partial charge in [-0.05, 0) is 32.0 Å². The minimum absolute atomic E-state index is 0.0172. The van der Waals surface area contributed by atoms with Gasteiger partial charge < -0.3 is 9.64 Å². The SMILES string of the molecule is CC1CN(C(=O)c2ccc3c(c2)C(=O)N(C)C3=O)CC(C)O1. The van der Waals surface area contributed by atoms with Crippen LogP contribution >= 0.6 is 0 Å². The molecule has 6 nitrogen and oxygen atoms in total. The first-order valence-electron chi connectivity index (χ1n) is 7.29. The van der Waals surface area contributed by atoms with Crippen molar-refractivity contribution in [3.63, 3.8) is 0 Å². The molecule has 116 valence electrons. The van der Waals surface area contributed by atoms with Crippen molar-refractivity contribution in [3.8, 4) is 0 Å². The summed E-state index contributed by atoms with van der Waals surface area (Å²) in [6, 6.07) is 4.68. The van der Waals surface area contributed by atoms with Crippen LogP contribution in [0.15, 0.2) is 18.2 Å². The summed E-state index contributed by atoms with van der Waals surface area (Å²) < 4.78 is 5.62. The molecule has 1 aromatic carbocycles. The molecule has 2 aliphatic heterocycles. The third-order valence-corrected chi connectivity index (χ3v) is 4.04. The first kappa shape index (κ1) is 14.7. The van der Waals surface area contributed by atoms with Crippen LogP contribution in [0.4, 0.5) is 0 Å². The molecule has 0 spiro atoms. The van der Waals surface area contributed by atoms with Gasteiger partial charge in [0.15, 0.2) is 0 Å². The second-order valence-electron chi connectivity index (χ2n) is 5.90. The van der Waals surface area contributed by atoms with Crippen LogP contribution in [0.1, 0.15) is 44.9 Å². The molecule has 1 aromatic rings. The molecule has 0 aromatic heterocycles.